The maximum absolute atomic E-state index is 13.1. The van der Waals surface area contributed by atoms with E-state index >= 15 is 0 Å². The number of urea groups is 1. The Bertz CT molecular complexity index is 807. The lowest BCUT2D eigenvalue weighted by Crippen LogP contribution is -2.47. The van der Waals surface area contributed by atoms with Crippen molar-refractivity contribution in [2.75, 3.05) is 18.9 Å². The predicted octanol–water partition coefficient (Wildman–Crippen LogP) is 5.16. The Labute approximate surface area is 173 Å². The number of nitrogens with zero attached hydrogens (tertiary/aromatic N) is 2. The average molecular weight is 429 g/mol. The van der Waals surface area contributed by atoms with E-state index in [4.69, 9.17) is 0 Å². The molecule has 0 aromatic heterocycles. The standard InChI is InChI=1S/C20H27F3N4OS/c1-5-16-17(26(4)14-9-10-14)27(6-2)19(29-16)25-18(28)24-13-8-7-12(3)15(11-13)20(21,22)23/h7-8,11,14,19H,5-6,9-10H2,1-4H3,(H2,24,25,28). The quantitative estimate of drug-likeness (QED) is 0.657. The second-order valence-corrected chi connectivity index (χ2v) is 8.50. The third-order valence-corrected chi connectivity index (χ3v) is 6.56. The largest absolute Gasteiger partial charge is 0.416 e. The summed E-state index contributed by atoms with van der Waals surface area (Å²) in [4.78, 5) is 18.1. The molecule has 5 nitrogen and oxygen atoms in total. The average Bonchev–Trinajstić information content (AvgIpc) is 3.44. The highest BCUT2D eigenvalue weighted by atomic mass is 32.2. The van der Waals surface area contributed by atoms with Crippen molar-refractivity contribution in [3.05, 3.63) is 40.1 Å². The lowest BCUT2D eigenvalue weighted by atomic mass is 10.1. The minimum atomic E-state index is -4.46. The minimum Gasteiger partial charge on any atom is -0.358 e. The monoisotopic (exact) mass is 428 g/mol. The first kappa shape index (κ1) is 21.7. The van der Waals surface area contributed by atoms with Gasteiger partial charge in [-0.3, -0.25) is 0 Å². The Balaban J connectivity index is 1.70. The summed E-state index contributed by atoms with van der Waals surface area (Å²) < 4.78 is 39.3. The van der Waals surface area contributed by atoms with Gasteiger partial charge in [0.2, 0.25) is 0 Å². The zero-order chi connectivity index (χ0) is 21.3. The SMILES string of the molecule is CCC1=C(N(C)C2CC2)N(CC)C(NC(=O)Nc2ccc(C)c(C(F)(F)F)c2)S1. The molecule has 0 spiro atoms. The molecule has 1 saturated carbocycles. The van der Waals surface area contributed by atoms with Crippen molar-refractivity contribution in [2.45, 2.75) is 57.7 Å². The molecule has 1 heterocycles. The first-order valence-corrected chi connectivity index (χ1v) is 10.7. The zero-order valence-electron chi connectivity index (χ0n) is 17.1. The van der Waals surface area contributed by atoms with Crippen molar-refractivity contribution in [3.8, 4) is 0 Å². The number of thioether (sulfide) groups is 1. The fraction of sp³-hybridized carbons (Fsp3) is 0.550. The number of hydrogen-bond acceptors (Lipinski definition) is 4. The van der Waals surface area contributed by atoms with E-state index in [-0.39, 0.29) is 16.7 Å². The van der Waals surface area contributed by atoms with Gasteiger partial charge in [0.05, 0.1) is 5.56 Å². The molecule has 1 aromatic carbocycles. The Hall–Kier alpha value is -2.03. The van der Waals surface area contributed by atoms with Crippen LogP contribution in [0.1, 0.15) is 44.2 Å². The number of carbonyl (C=O) groups excluding carboxylic acids is 1. The number of carbonyl (C=O) groups is 1. The van der Waals surface area contributed by atoms with Crippen LogP contribution in [0, 0.1) is 6.92 Å². The molecule has 160 valence electrons. The van der Waals surface area contributed by atoms with E-state index in [0.29, 0.717) is 6.04 Å². The topological polar surface area (TPSA) is 47.6 Å². The van der Waals surface area contributed by atoms with Gasteiger partial charge in [0.25, 0.3) is 0 Å². The van der Waals surface area contributed by atoms with E-state index in [0.717, 1.165) is 24.9 Å². The van der Waals surface area contributed by atoms with Gasteiger partial charge < -0.3 is 20.4 Å². The van der Waals surface area contributed by atoms with Crippen LogP contribution in [0.2, 0.25) is 0 Å². The highest BCUT2D eigenvalue weighted by molar-refractivity contribution is 8.03. The van der Waals surface area contributed by atoms with Crippen LogP contribution in [0.15, 0.2) is 28.9 Å². The number of allylic oxidation sites excluding steroid dienone is 1. The molecule has 0 bridgehead atoms. The molecule has 0 radical (unpaired) electrons. The van der Waals surface area contributed by atoms with Crippen molar-refractivity contribution < 1.29 is 18.0 Å². The lowest BCUT2D eigenvalue weighted by molar-refractivity contribution is -0.138. The van der Waals surface area contributed by atoms with Crippen molar-refractivity contribution >= 4 is 23.5 Å². The molecule has 1 aliphatic carbocycles. The molecule has 3 rings (SSSR count). The zero-order valence-corrected chi connectivity index (χ0v) is 17.9. The summed E-state index contributed by atoms with van der Waals surface area (Å²) in [5, 5.41) is 5.44. The first-order valence-electron chi connectivity index (χ1n) is 9.80. The summed E-state index contributed by atoms with van der Waals surface area (Å²) >= 11 is 1.59. The van der Waals surface area contributed by atoms with Gasteiger partial charge in [-0.2, -0.15) is 13.2 Å². The molecule has 1 unspecified atom stereocenters. The van der Waals surface area contributed by atoms with E-state index in [2.05, 4.69) is 34.4 Å². The summed E-state index contributed by atoms with van der Waals surface area (Å²) in [5.74, 6) is 1.14. The number of alkyl halides is 3. The summed E-state index contributed by atoms with van der Waals surface area (Å²) in [7, 11) is 2.08. The van der Waals surface area contributed by atoms with Gasteiger partial charge in [-0.1, -0.05) is 24.8 Å². The van der Waals surface area contributed by atoms with Gasteiger partial charge in [-0.25, -0.2) is 4.79 Å². The number of rotatable bonds is 6. The van der Waals surface area contributed by atoms with Crippen molar-refractivity contribution in [3.63, 3.8) is 0 Å². The molecule has 2 amide bonds. The maximum Gasteiger partial charge on any atom is 0.416 e. The number of aryl methyl sites for hydroxylation is 1. The number of nitrogens with one attached hydrogen (secondary N) is 2. The van der Waals surface area contributed by atoms with Gasteiger partial charge >= 0.3 is 12.2 Å². The molecule has 1 aliphatic heterocycles. The summed E-state index contributed by atoms with van der Waals surface area (Å²) in [6.07, 6.45) is -1.25. The second-order valence-electron chi connectivity index (χ2n) is 7.32. The van der Waals surface area contributed by atoms with Crippen LogP contribution >= 0.6 is 11.8 Å². The van der Waals surface area contributed by atoms with Crippen LogP contribution < -0.4 is 10.6 Å². The highest BCUT2D eigenvalue weighted by Crippen LogP contribution is 2.42. The van der Waals surface area contributed by atoms with Gasteiger partial charge in [0.1, 0.15) is 5.82 Å². The van der Waals surface area contributed by atoms with Crippen molar-refractivity contribution in [1.82, 2.24) is 15.1 Å². The molecule has 1 aromatic rings. The second kappa shape index (κ2) is 8.38. The van der Waals surface area contributed by atoms with Gasteiger partial charge in [0.15, 0.2) is 5.50 Å². The number of halogens is 3. The fourth-order valence-corrected chi connectivity index (χ4v) is 4.85. The van der Waals surface area contributed by atoms with Crippen LogP contribution in [-0.4, -0.2) is 41.0 Å². The van der Waals surface area contributed by atoms with Crippen molar-refractivity contribution in [1.29, 1.82) is 0 Å². The molecule has 29 heavy (non-hydrogen) atoms. The molecule has 9 heteroatoms. The number of hydrogen-bond donors (Lipinski definition) is 2. The number of amides is 2. The fourth-order valence-electron chi connectivity index (χ4n) is 3.51. The van der Waals surface area contributed by atoms with Crippen LogP contribution in [0.3, 0.4) is 0 Å². The molecule has 2 N–H and O–H groups in total. The Morgan fingerprint density at radius 2 is 2.00 bits per heavy atom. The lowest BCUT2D eigenvalue weighted by Gasteiger charge is -2.33. The van der Waals surface area contributed by atoms with Crippen LogP contribution in [0.25, 0.3) is 0 Å². The third kappa shape index (κ3) is 4.76. The smallest absolute Gasteiger partial charge is 0.358 e. The summed E-state index contributed by atoms with van der Waals surface area (Å²) in [6.45, 7) is 6.24. The van der Waals surface area contributed by atoms with Crippen molar-refractivity contribution in [2.24, 2.45) is 0 Å². The molecular formula is C20H27F3N4OS. The Morgan fingerprint density at radius 3 is 2.55 bits per heavy atom. The molecule has 1 fully saturated rings. The van der Waals surface area contributed by atoms with E-state index in [9.17, 15) is 18.0 Å². The normalized spacial score (nSPS) is 19.6. The first-order chi connectivity index (χ1) is 13.7. The van der Waals surface area contributed by atoms with Gasteiger partial charge in [-0.15, -0.1) is 0 Å². The van der Waals surface area contributed by atoms with Crippen LogP contribution in [-0.2, 0) is 6.18 Å². The van der Waals surface area contributed by atoms with Crippen LogP contribution in [0.4, 0.5) is 23.7 Å². The minimum absolute atomic E-state index is 0.116. The number of benzene rings is 1. The van der Waals surface area contributed by atoms with Crippen LogP contribution in [0.5, 0.6) is 0 Å². The van der Waals surface area contributed by atoms with E-state index < -0.39 is 17.8 Å². The van der Waals surface area contributed by atoms with E-state index in [1.807, 2.05) is 6.92 Å². The summed E-state index contributed by atoms with van der Waals surface area (Å²) in [6, 6.07) is 3.83. The third-order valence-electron chi connectivity index (χ3n) is 5.20. The Kier molecular flexibility index (Phi) is 6.26. The molecule has 1 atom stereocenters. The van der Waals surface area contributed by atoms with Gasteiger partial charge in [-0.05, 0) is 50.8 Å². The highest BCUT2D eigenvalue weighted by Gasteiger charge is 2.38. The molecular weight excluding hydrogens is 401 g/mol. The Morgan fingerprint density at radius 1 is 1.31 bits per heavy atom. The van der Waals surface area contributed by atoms with E-state index in [1.54, 1.807) is 11.8 Å². The molecule has 2 aliphatic rings. The predicted molar refractivity (Wildman–Crippen MR) is 110 cm³/mol. The van der Waals surface area contributed by atoms with Gasteiger partial charge in [0, 0.05) is 30.2 Å². The molecule has 0 saturated heterocycles. The number of anilines is 1. The summed E-state index contributed by atoms with van der Waals surface area (Å²) in [5.41, 5.74) is -0.801. The maximum atomic E-state index is 13.1. The van der Waals surface area contributed by atoms with E-state index in [1.165, 1.54) is 36.8 Å².